The second-order valence-corrected chi connectivity index (χ2v) is 4.20. The Kier molecular flexibility index (Phi) is 2.03. The van der Waals surface area contributed by atoms with E-state index in [0.717, 1.165) is 6.54 Å². The molecule has 0 amide bonds. The van der Waals surface area contributed by atoms with Crippen molar-refractivity contribution in [2.24, 2.45) is 0 Å². The highest BCUT2D eigenvalue weighted by Crippen LogP contribution is 2.29. The molecule has 1 aromatic rings. The number of rotatable bonds is 1. The highest BCUT2D eigenvalue weighted by Gasteiger charge is 2.13. The quantitative estimate of drug-likeness (QED) is 0.691. The molecule has 0 saturated heterocycles. The van der Waals surface area contributed by atoms with Crippen LogP contribution in [0.15, 0.2) is 12.1 Å². The van der Waals surface area contributed by atoms with Crippen molar-refractivity contribution in [3.05, 3.63) is 28.8 Å². The van der Waals surface area contributed by atoms with Crippen LogP contribution in [-0.2, 0) is 6.42 Å². The molecule has 0 aromatic heterocycles. The van der Waals surface area contributed by atoms with E-state index in [9.17, 15) is 0 Å². The molecule has 1 nitrogen and oxygen atoms in total. The van der Waals surface area contributed by atoms with Crippen molar-refractivity contribution in [3.63, 3.8) is 0 Å². The van der Waals surface area contributed by atoms with Gasteiger partial charge in [0.1, 0.15) is 0 Å². The van der Waals surface area contributed by atoms with Gasteiger partial charge in [-0.3, -0.25) is 0 Å². The summed E-state index contributed by atoms with van der Waals surface area (Å²) in [7, 11) is 0. The molecule has 0 bridgehead atoms. The summed E-state index contributed by atoms with van der Waals surface area (Å²) in [5.74, 6) is 0.644. The predicted octanol–water partition coefficient (Wildman–Crippen LogP) is 3.09. The van der Waals surface area contributed by atoms with Crippen LogP contribution in [0.2, 0.25) is 0 Å². The molecule has 0 spiro atoms. The maximum atomic E-state index is 3.41. The zero-order chi connectivity index (χ0) is 9.42. The summed E-state index contributed by atoms with van der Waals surface area (Å²) in [6.07, 6.45) is 1.19. The van der Waals surface area contributed by atoms with Crippen molar-refractivity contribution in [3.8, 4) is 0 Å². The lowest BCUT2D eigenvalue weighted by Gasteiger charge is -2.12. The number of benzene rings is 1. The zero-order valence-corrected chi connectivity index (χ0v) is 8.65. The smallest absolute Gasteiger partial charge is 0.0376 e. The summed E-state index contributed by atoms with van der Waals surface area (Å²) in [6.45, 7) is 7.83. The first kappa shape index (κ1) is 8.61. The average molecular weight is 175 g/mol. The largest absolute Gasteiger partial charge is 0.384 e. The van der Waals surface area contributed by atoms with Crippen LogP contribution in [0.5, 0.6) is 0 Å². The Labute approximate surface area is 80.2 Å². The molecule has 1 aromatic carbocycles. The molecule has 70 valence electrons. The average Bonchev–Trinajstić information content (AvgIpc) is 2.48. The number of hydrogen-bond donors (Lipinski definition) is 1. The molecule has 1 aliphatic heterocycles. The van der Waals surface area contributed by atoms with Crippen molar-refractivity contribution < 1.29 is 0 Å². The van der Waals surface area contributed by atoms with Gasteiger partial charge in [0.2, 0.25) is 0 Å². The third-order valence-electron chi connectivity index (χ3n) is 2.82. The van der Waals surface area contributed by atoms with Crippen LogP contribution in [0.3, 0.4) is 0 Å². The first-order valence-electron chi connectivity index (χ1n) is 5.06. The van der Waals surface area contributed by atoms with Gasteiger partial charge in [-0.05, 0) is 42.0 Å². The first-order chi connectivity index (χ1) is 6.18. The fourth-order valence-electron chi connectivity index (χ4n) is 2.10. The fourth-order valence-corrected chi connectivity index (χ4v) is 2.10. The van der Waals surface area contributed by atoms with E-state index in [-0.39, 0.29) is 0 Å². The number of nitrogens with one attached hydrogen (secondary N) is 1. The van der Waals surface area contributed by atoms with E-state index in [2.05, 4.69) is 38.2 Å². The first-order valence-corrected chi connectivity index (χ1v) is 5.06. The van der Waals surface area contributed by atoms with Crippen LogP contribution in [0, 0.1) is 6.92 Å². The predicted molar refractivity (Wildman–Crippen MR) is 57.5 cm³/mol. The van der Waals surface area contributed by atoms with Gasteiger partial charge in [-0.2, -0.15) is 0 Å². The molecule has 0 radical (unpaired) electrons. The van der Waals surface area contributed by atoms with E-state index in [4.69, 9.17) is 0 Å². The Balaban J connectivity index is 2.49. The molecule has 0 saturated carbocycles. The standard InChI is InChI=1S/C12H17N/c1-8(2)11-7-10-4-5-13-12(10)6-9(11)3/h6-8,13H,4-5H2,1-3H3. The maximum absolute atomic E-state index is 3.41. The molecule has 1 heteroatoms. The summed E-state index contributed by atoms with van der Waals surface area (Å²) >= 11 is 0. The normalized spacial score (nSPS) is 14.5. The van der Waals surface area contributed by atoms with Crippen LogP contribution in [0.25, 0.3) is 0 Å². The van der Waals surface area contributed by atoms with Crippen molar-refractivity contribution in [2.75, 3.05) is 11.9 Å². The fraction of sp³-hybridized carbons (Fsp3) is 0.500. The Bertz CT molecular complexity index is 326. The minimum atomic E-state index is 0.644. The van der Waals surface area contributed by atoms with Gasteiger partial charge in [-0.15, -0.1) is 0 Å². The van der Waals surface area contributed by atoms with E-state index >= 15 is 0 Å². The third kappa shape index (κ3) is 1.43. The summed E-state index contributed by atoms with van der Waals surface area (Å²) in [5, 5.41) is 3.41. The molecule has 1 heterocycles. The van der Waals surface area contributed by atoms with Gasteiger partial charge < -0.3 is 5.32 Å². The molecular formula is C12H17N. The lowest BCUT2D eigenvalue weighted by molar-refractivity contribution is 0.854. The molecule has 2 rings (SSSR count). The maximum Gasteiger partial charge on any atom is 0.0376 e. The van der Waals surface area contributed by atoms with E-state index in [1.807, 2.05) is 0 Å². The van der Waals surface area contributed by atoms with Gasteiger partial charge in [0, 0.05) is 12.2 Å². The van der Waals surface area contributed by atoms with Crippen LogP contribution >= 0.6 is 0 Å². The van der Waals surface area contributed by atoms with Gasteiger partial charge in [-0.25, -0.2) is 0 Å². The van der Waals surface area contributed by atoms with Gasteiger partial charge >= 0.3 is 0 Å². The van der Waals surface area contributed by atoms with Gasteiger partial charge in [0.25, 0.3) is 0 Å². The summed E-state index contributed by atoms with van der Waals surface area (Å²) in [5.41, 5.74) is 5.77. The number of hydrogen-bond acceptors (Lipinski definition) is 1. The number of aryl methyl sites for hydroxylation is 1. The lowest BCUT2D eigenvalue weighted by atomic mass is 9.95. The van der Waals surface area contributed by atoms with Gasteiger partial charge in [0.05, 0.1) is 0 Å². The van der Waals surface area contributed by atoms with Crippen LogP contribution in [0.1, 0.15) is 36.5 Å². The molecule has 0 fully saturated rings. The highest BCUT2D eigenvalue weighted by atomic mass is 14.9. The second kappa shape index (κ2) is 3.06. The molecule has 13 heavy (non-hydrogen) atoms. The van der Waals surface area contributed by atoms with E-state index in [0.29, 0.717) is 5.92 Å². The zero-order valence-electron chi connectivity index (χ0n) is 8.65. The monoisotopic (exact) mass is 175 g/mol. The molecule has 0 aliphatic carbocycles. The Morgan fingerprint density at radius 3 is 2.77 bits per heavy atom. The lowest BCUT2D eigenvalue weighted by Crippen LogP contribution is -1.94. The molecule has 1 aliphatic rings. The molecule has 1 N–H and O–H groups in total. The third-order valence-corrected chi connectivity index (χ3v) is 2.82. The Hall–Kier alpha value is -0.980. The molecule has 0 unspecified atom stereocenters. The van der Waals surface area contributed by atoms with Crippen molar-refractivity contribution in [1.82, 2.24) is 0 Å². The van der Waals surface area contributed by atoms with E-state index < -0.39 is 0 Å². The number of anilines is 1. The Morgan fingerprint density at radius 1 is 1.31 bits per heavy atom. The molecule has 0 atom stereocenters. The van der Waals surface area contributed by atoms with Crippen LogP contribution in [0.4, 0.5) is 5.69 Å². The summed E-state index contributed by atoms with van der Waals surface area (Å²) < 4.78 is 0. The highest BCUT2D eigenvalue weighted by molar-refractivity contribution is 5.59. The SMILES string of the molecule is Cc1cc2c(cc1C(C)C)CCN2. The van der Waals surface area contributed by atoms with Gasteiger partial charge in [-0.1, -0.05) is 19.9 Å². The van der Waals surface area contributed by atoms with Crippen molar-refractivity contribution in [1.29, 1.82) is 0 Å². The topological polar surface area (TPSA) is 12.0 Å². The van der Waals surface area contributed by atoms with E-state index in [1.165, 1.54) is 28.8 Å². The van der Waals surface area contributed by atoms with Crippen molar-refractivity contribution >= 4 is 5.69 Å². The number of fused-ring (bicyclic) bond motifs is 1. The minimum absolute atomic E-state index is 0.644. The van der Waals surface area contributed by atoms with Crippen molar-refractivity contribution in [2.45, 2.75) is 33.1 Å². The molecular weight excluding hydrogens is 158 g/mol. The van der Waals surface area contributed by atoms with Crippen LogP contribution < -0.4 is 5.32 Å². The van der Waals surface area contributed by atoms with Crippen LogP contribution in [-0.4, -0.2) is 6.54 Å². The Morgan fingerprint density at radius 2 is 2.08 bits per heavy atom. The summed E-state index contributed by atoms with van der Waals surface area (Å²) in [4.78, 5) is 0. The van der Waals surface area contributed by atoms with E-state index in [1.54, 1.807) is 0 Å². The van der Waals surface area contributed by atoms with Gasteiger partial charge in [0.15, 0.2) is 0 Å². The summed E-state index contributed by atoms with van der Waals surface area (Å²) in [6, 6.07) is 4.66. The minimum Gasteiger partial charge on any atom is -0.384 e. The second-order valence-electron chi connectivity index (χ2n) is 4.20.